The first kappa shape index (κ1) is 27.8. The molecule has 0 fully saturated rings. The van der Waals surface area contributed by atoms with Gasteiger partial charge in [0, 0.05) is 13.1 Å². The van der Waals surface area contributed by atoms with Crippen LogP contribution in [0.15, 0.2) is 58.8 Å². The monoisotopic (exact) mass is 499 g/mol. The van der Waals surface area contributed by atoms with Crippen LogP contribution < -0.4 is 10.6 Å². The Kier molecular flexibility index (Phi) is 9.90. The zero-order valence-electron chi connectivity index (χ0n) is 20.2. The smallest absolute Gasteiger partial charge is 0.407 e. The summed E-state index contributed by atoms with van der Waals surface area (Å²) < 4.78 is 5.10. The van der Waals surface area contributed by atoms with E-state index in [2.05, 4.69) is 20.9 Å². The summed E-state index contributed by atoms with van der Waals surface area (Å²) in [5, 5.41) is 31.5. The van der Waals surface area contributed by atoms with Gasteiger partial charge in [-0.25, -0.2) is 4.79 Å². The molecule has 0 saturated carbocycles. The number of carboxylic acids is 1. The SMILES string of the molecule is CC(C)(C)OC(=O)NCCN(CC(=O)O)C(=O)CNC(=O)c1ccccc1N=Nc1ccc(O)cc1. The highest BCUT2D eigenvalue weighted by atomic mass is 16.6. The first-order valence-corrected chi connectivity index (χ1v) is 11.0. The number of aliphatic carboxylic acids is 1. The van der Waals surface area contributed by atoms with Gasteiger partial charge in [-0.2, -0.15) is 5.11 Å². The van der Waals surface area contributed by atoms with Crippen LogP contribution in [-0.2, 0) is 14.3 Å². The van der Waals surface area contributed by atoms with Gasteiger partial charge in [0.15, 0.2) is 0 Å². The zero-order chi connectivity index (χ0) is 26.7. The highest BCUT2D eigenvalue weighted by Gasteiger charge is 2.20. The van der Waals surface area contributed by atoms with Crippen LogP contribution in [0.4, 0.5) is 16.2 Å². The molecule has 12 nitrogen and oxygen atoms in total. The van der Waals surface area contributed by atoms with Crippen molar-refractivity contribution in [3.8, 4) is 5.75 Å². The maximum atomic E-state index is 12.7. The summed E-state index contributed by atoms with van der Waals surface area (Å²) in [6, 6.07) is 12.4. The molecule has 0 radical (unpaired) electrons. The molecule has 0 bridgehead atoms. The van der Waals surface area contributed by atoms with Crippen LogP contribution in [0.5, 0.6) is 5.75 Å². The van der Waals surface area contributed by atoms with E-state index in [1.165, 1.54) is 18.2 Å². The minimum absolute atomic E-state index is 0.0393. The molecule has 2 aromatic rings. The molecule has 3 amide bonds. The van der Waals surface area contributed by atoms with Gasteiger partial charge in [-0.1, -0.05) is 12.1 Å². The lowest BCUT2D eigenvalue weighted by Gasteiger charge is -2.23. The molecule has 0 aromatic heterocycles. The number of hydrogen-bond donors (Lipinski definition) is 4. The van der Waals surface area contributed by atoms with Crippen molar-refractivity contribution in [1.82, 2.24) is 15.5 Å². The molecule has 0 atom stereocenters. The Hall–Kier alpha value is -4.48. The van der Waals surface area contributed by atoms with Crippen molar-refractivity contribution in [3.05, 3.63) is 54.1 Å². The summed E-state index contributed by atoms with van der Waals surface area (Å²) in [6.07, 6.45) is -0.698. The van der Waals surface area contributed by atoms with Crippen LogP contribution in [0, 0.1) is 0 Å². The van der Waals surface area contributed by atoms with E-state index in [1.54, 1.807) is 51.1 Å². The summed E-state index contributed by atoms with van der Waals surface area (Å²) >= 11 is 0. The summed E-state index contributed by atoms with van der Waals surface area (Å²) in [6.45, 7) is 3.87. The number of aromatic hydroxyl groups is 1. The Morgan fingerprint density at radius 1 is 0.972 bits per heavy atom. The van der Waals surface area contributed by atoms with Crippen LogP contribution in [0.2, 0.25) is 0 Å². The van der Waals surface area contributed by atoms with Crippen molar-refractivity contribution >= 4 is 35.3 Å². The minimum Gasteiger partial charge on any atom is -0.508 e. The molecule has 0 aliphatic rings. The van der Waals surface area contributed by atoms with Gasteiger partial charge in [-0.15, -0.1) is 5.11 Å². The number of alkyl carbamates (subject to hydrolysis) is 1. The first-order chi connectivity index (χ1) is 16.9. The normalized spacial score (nSPS) is 11.1. The highest BCUT2D eigenvalue weighted by molar-refractivity contribution is 6.00. The Labute approximate surface area is 208 Å². The number of rotatable bonds is 10. The van der Waals surface area contributed by atoms with Gasteiger partial charge in [-0.05, 0) is 57.2 Å². The second kappa shape index (κ2) is 12.8. The molecule has 0 saturated heterocycles. The van der Waals surface area contributed by atoms with Crippen LogP contribution >= 0.6 is 0 Å². The Bertz CT molecular complexity index is 1110. The number of hydrogen-bond acceptors (Lipinski definition) is 8. The second-order valence-corrected chi connectivity index (χ2v) is 8.55. The van der Waals surface area contributed by atoms with E-state index in [4.69, 9.17) is 9.84 Å². The third kappa shape index (κ3) is 9.79. The summed E-state index contributed by atoms with van der Waals surface area (Å²) in [7, 11) is 0. The topological polar surface area (TPSA) is 170 Å². The van der Waals surface area contributed by atoms with E-state index >= 15 is 0 Å². The van der Waals surface area contributed by atoms with Gasteiger partial charge in [0.1, 0.15) is 17.9 Å². The molecule has 192 valence electrons. The fourth-order valence-corrected chi connectivity index (χ4v) is 2.81. The molecule has 0 aliphatic carbocycles. The van der Waals surface area contributed by atoms with Crippen molar-refractivity contribution < 1.29 is 34.1 Å². The number of carboxylic acid groups (broad SMARTS) is 1. The number of amides is 3. The average Bonchev–Trinajstić information content (AvgIpc) is 2.80. The van der Waals surface area contributed by atoms with Crippen molar-refractivity contribution in [3.63, 3.8) is 0 Å². The number of carbonyl (C=O) groups is 4. The third-order valence-corrected chi connectivity index (χ3v) is 4.40. The summed E-state index contributed by atoms with van der Waals surface area (Å²) in [5.41, 5.74) is 0.163. The number of nitrogens with one attached hydrogen (secondary N) is 2. The molecule has 0 heterocycles. The van der Waals surface area contributed by atoms with Gasteiger partial charge in [0.05, 0.1) is 23.5 Å². The maximum Gasteiger partial charge on any atom is 0.407 e. The molecular weight excluding hydrogens is 470 g/mol. The number of benzene rings is 2. The fourth-order valence-electron chi connectivity index (χ4n) is 2.81. The zero-order valence-corrected chi connectivity index (χ0v) is 20.2. The third-order valence-electron chi connectivity index (χ3n) is 4.40. The second-order valence-electron chi connectivity index (χ2n) is 8.55. The molecule has 12 heteroatoms. The van der Waals surface area contributed by atoms with Gasteiger partial charge in [0.2, 0.25) is 5.91 Å². The van der Waals surface area contributed by atoms with E-state index in [9.17, 15) is 24.3 Å². The average molecular weight is 500 g/mol. The van der Waals surface area contributed by atoms with Crippen molar-refractivity contribution in [2.24, 2.45) is 10.2 Å². The van der Waals surface area contributed by atoms with Gasteiger partial charge in [0.25, 0.3) is 5.91 Å². The number of azo groups is 1. The molecule has 0 spiro atoms. The van der Waals surface area contributed by atoms with E-state index in [0.29, 0.717) is 5.69 Å². The number of phenolic OH excluding ortho intramolecular Hbond substituents is 1. The van der Waals surface area contributed by atoms with Crippen molar-refractivity contribution in [2.45, 2.75) is 26.4 Å². The van der Waals surface area contributed by atoms with Crippen LogP contribution in [0.25, 0.3) is 0 Å². The summed E-state index contributed by atoms with van der Waals surface area (Å²) in [4.78, 5) is 49.2. The summed E-state index contributed by atoms with van der Waals surface area (Å²) in [5.74, 6) is -2.42. The number of carbonyl (C=O) groups excluding carboxylic acids is 3. The van der Waals surface area contributed by atoms with E-state index in [0.717, 1.165) is 4.90 Å². The quantitative estimate of drug-likeness (QED) is 0.364. The predicted molar refractivity (Wildman–Crippen MR) is 130 cm³/mol. The van der Waals surface area contributed by atoms with E-state index in [-0.39, 0.29) is 30.1 Å². The Morgan fingerprint density at radius 2 is 1.64 bits per heavy atom. The van der Waals surface area contributed by atoms with Gasteiger partial charge < -0.3 is 30.5 Å². The first-order valence-electron chi connectivity index (χ1n) is 11.0. The predicted octanol–water partition coefficient (Wildman–Crippen LogP) is 2.98. The molecule has 0 unspecified atom stereocenters. The minimum atomic E-state index is -1.24. The van der Waals surface area contributed by atoms with Crippen LogP contribution in [0.1, 0.15) is 31.1 Å². The van der Waals surface area contributed by atoms with Crippen LogP contribution in [0.3, 0.4) is 0 Å². The molecule has 2 rings (SSSR count). The van der Waals surface area contributed by atoms with Gasteiger partial charge >= 0.3 is 12.1 Å². The van der Waals surface area contributed by atoms with Gasteiger partial charge in [-0.3, -0.25) is 14.4 Å². The largest absolute Gasteiger partial charge is 0.508 e. The van der Waals surface area contributed by atoms with Crippen LogP contribution in [-0.4, -0.2) is 70.8 Å². The van der Waals surface area contributed by atoms with E-state index < -0.39 is 42.6 Å². The van der Waals surface area contributed by atoms with Crippen molar-refractivity contribution in [2.75, 3.05) is 26.2 Å². The number of ether oxygens (including phenoxy) is 1. The Balaban J connectivity index is 1.98. The number of phenols is 1. The molecular formula is C24H29N5O7. The van der Waals surface area contributed by atoms with E-state index in [1.807, 2.05) is 0 Å². The molecule has 36 heavy (non-hydrogen) atoms. The fraction of sp³-hybridized carbons (Fsp3) is 0.333. The Morgan fingerprint density at radius 3 is 2.28 bits per heavy atom. The maximum absolute atomic E-state index is 12.7. The highest BCUT2D eigenvalue weighted by Crippen LogP contribution is 2.23. The standard InChI is InChI=1S/C24H29N5O7/c1-24(2,3)36-23(35)25-12-13-29(15-21(32)33)20(31)14-26-22(34)18-6-4-5-7-19(18)28-27-16-8-10-17(30)11-9-16/h4-11,30H,12-15H2,1-3H3,(H,25,35)(H,26,34)(H,32,33). The molecule has 2 aromatic carbocycles. The van der Waals surface area contributed by atoms with Crippen molar-refractivity contribution in [1.29, 1.82) is 0 Å². The lowest BCUT2D eigenvalue weighted by Crippen LogP contribution is -2.46. The lowest BCUT2D eigenvalue weighted by atomic mass is 10.1. The molecule has 4 N–H and O–H groups in total. The molecule has 0 aliphatic heterocycles. The number of nitrogens with zero attached hydrogens (tertiary/aromatic N) is 3. The lowest BCUT2D eigenvalue weighted by molar-refractivity contribution is -0.144.